The van der Waals surface area contributed by atoms with E-state index < -0.39 is 18.0 Å². The van der Waals surface area contributed by atoms with Crippen LogP contribution in [0.25, 0.3) is 0 Å². The number of pyridine rings is 1. The number of piperidine rings is 2. The lowest BCUT2D eigenvalue weighted by Crippen LogP contribution is -2.45. The zero-order valence-corrected chi connectivity index (χ0v) is 22.5. The van der Waals surface area contributed by atoms with Crippen molar-refractivity contribution in [1.82, 2.24) is 9.88 Å². The first-order valence-electron chi connectivity index (χ1n) is 12.7. The molecule has 11 heteroatoms. The predicted octanol–water partition coefficient (Wildman–Crippen LogP) is 6.40. The van der Waals surface area contributed by atoms with E-state index in [4.69, 9.17) is 27.9 Å². The molecule has 2 aromatic rings. The third-order valence-corrected chi connectivity index (χ3v) is 8.08. The molecule has 0 radical (unpaired) electrons. The van der Waals surface area contributed by atoms with Crippen LogP contribution in [0, 0.1) is 11.8 Å². The number of alkyl halides is 3. The summed E-state index contributed by atoms with van der Waals surface area (Å²) in [6, 6.07) is 7.29. The number of aromatic nitrogens is 1. The topological polar surface area (TPSA) is 62.7 Å². The third kappa shape index (κ3) is 6.72. The Morgan fingerprint density at radius 1 is 1.08 bits per heavy atom. The molecule has 1 unspecified atom stereocenters. The van der Waals surface area contributed by atoms with Gasteiger partial charge in [0.15, 0.2) is 12.2 Å². The Balaban J connectivity index is 1.31. The van der Waals surface area contributed by atoms with Crippen molar-refractivity contribution >= 4 is 41.2 Å². The first kappa shape index (κ1) is 28.5. The highest BCUT2D eigenvalue weighted by atomic mass is 35.5. The number of amides is 1. The molecule has 1 aromatic carbocycles. The molecule has 1 atom stereocenters. The Morgan fingerprint density at radius 3 is 2.26 bits per heavy atom. The van der Waals surface area contributed by atoms with Gasteiger partial charge in [-0.3, -0.25) is 9.59 Å². The van der Waals surface area contributed by atoms with Crippen molar-refractivity contribution in [3.63, 3.8) is 0 Å². The first-order chi connectivity index (χ1) is 18.1. The van der Waals surface area contributed by atoms with Gasteiger partial charge >= 0.3 is 6.18 Å². The zero-order valence-electron chi connectivity index (χ0n) is 21.0. The minimum atomic E-state index is -4.75. The molecular weight excluding hydrogens is 542 g/mol. The molecule has 1 amide bonds. The van der Waals surface area contributed by atoms with E-state index in [1.54, 1.807) is 12.1 Å². The molecule has 0 N–H and O–H groups in total. The average molecular weight is 572 g/mol. The van der Waals surface area contributed by atoms with E-state index in [9.17, 15) is 22.8 Å². The van der Waals surface area contributed by atoms with Gasteiger partial charge in [0.25, 0.3) is 0 Å². The lowest BCUT2D eigenvalue weighted by molar-refractivity contribution is -0.173. The number of hydrogen-bond donors (Lipinski definition) is 0. The highest BCUT2D eigenvalue weighted by Gasteiger charge is 2.48. The van der Waals surface area contributed by atoms with Crippen LogP contribution in [0.2, 0.25) is 10.2 Å². The number of nitrogens with zero attached hydrogens (tertiary/aromatic N) is 3. The summed E-state index contributed by atoms with van der Waals surface area (Å²) >= 11 is 12.1. The highest BCUT2D eigenvalue weighted by Crippen LogP contribution is 2.40. The minimum absolute atomic E-state index is 0.0861. The second-order valence-corrected chi connectivity index (χ2v) is 10.8. The minimum Gasteiger partial charge on any atom is -0.497 e. The highest BCUT2D eigenvalue weighted by molar-refractivity contribution is 6.31. The molecular formula is C27H30Cl2F3N3O3. The number of methoxy groups -OCH3 is 1. The maximum absolute atomic E-state index is 14.0. The number of ether oxygens (including phenoxy) is 1. The monoisotopic (exact) mass is 571 g/mol. The maximum Gasteiger partial charge on any atom is 0.404 e. The van der Waals surface area contributed by atoms with Crippen LogP contribution < -0.4 is 9.64 Å². The van der Waals surface area contributed by atoms with Crippen molar-refractivity contribution in [1.29, 1.82) is 0 Å². The summed E-state index contributed by atoms with van der Waals surface area (Å²) in [6.45, 7) is 2.25. The Labute approximate surface area is 230 Å². The molecule has 206 valence electrons. The molecule has 2 fully saturated rings. The summed E-state index contributed by atoms with van der Waals surface area (Å²) in [5.41, 5.74) is 0.154. The van der Waals surface area contributed by atoms with E-state index >= 15 is 0 Å². The van der Waals surface area contributed by atoms with Crippen LogP contribution in [-0.2, 0) is 4.79 Å². The third-order valence-electron chi connectivity index (χ3n) is 7.56. The average Bonchev–Trinajstić information content (AvgIpc) is 2.88. The van der Waals surface area contributed by atoms with Crippen LogP contribution >= 0.6 is 23.2 Å². The Hall–Kier alpha value is -2.52. The lowest BCUT2D eigenvalue weighted by atomic mass is 9.82. The van der Waals surface area contributed by atoms with Crippen LogP contribution in [0.1, 0.15) is 53.9 Å². The summed E-state index contributed by atoms with van der Waals surface area (Å²) in [5, 5.41) is 0.284. The second-order valence-electron chi connectivity index (χ2n) is 10.0. The largest absolute Gasteiger partial charge is 0.497 e. The Kier molecular flexibility index (Phi) is 9.08. The van der Waals surface area contributed by atoms with Gasteiger partial charge in [0.2, 0.25) is 5.91 Å². The lowest BCUT2D eigenvalue weighted by Gasteiger charge is -2.38. The summed E-state index contributed by atoms with van der Waals surface area (Å²) in [4.78, 5) is 31.9. The number of carbonyl (C=O) groups is 2. The van der Waals surface area contributed by atoms with Crippen molar-refractivity contribution in [3.05, 3.63) is 51.6 Å². The number of rotatable bonds is 7. The SMILES string of the molecule is COc1cc(Cl)cc(C(C(=O)N2CCC(CC3CCN(c4ccc(C=O)c(Cl)n4)CC3)CC2)C(F)(F)F)c1. The first-order valence-corrected chi connectivity index (χ1v) is 13.4. The standard InChI is InChI=1S/C27H30Cl2F3N3O3/c1-38-22-14-20(13-21(28)15-22)24(27(30,31)32)26(37)35-10-6-18(7-11-35)12-17-4-8-34(9-5-17)23-3-2-19(16-36)25(29)33-23/h2-3,13-18,24H,4-12H2,1H3. The second kappa shape index (κ2) is 12.1. The molecule has 2 aliphatic rings. The quantitative estimate of drug-likeness (QED) is 0.284. The number of halogens is 5. The molecule has 0 aliphatic carbocycles. The normalized spacial score (nSPS) is 18.4. The van der Waals surface area contributed by atoms with Crippen LogP contribution in [0.5, 0.6) is 5.75 Å². The molecule has 4 rings (SSSR count). The number of anilines is 1. The van der Waals surface area contributed by atoms with Crippen molar-refractivity contribution in [3.8, 4) is 5.75 Å². The number of benzene rings is 1. The van der Waals surface area contributed by atoms with Gasteiger partial charge in [0.05, 0.1) is 12.7 Å². The zero-order chi connectivity index (χ0) is 27.4. The van der Waals surface area contributed by atoms with Gasteiger partial charge < -0.3 is 14.5 Å². The number of likely N-dealkylation sites (tertiary alicyclic amines) is 1. The van der Waals surface area contributed by atoms with Crippen molar-refractivity contribution in [2.24, 2.45) is 11.8 Å². The molecule has 3 heterocycles. The van der Waals surface area contributed by atoms with E-state index in [1.165, 1.54) is 30.2 Å². The molecule has 38 heavy (non-hydrogen) atoms. The van der Waals surface area contributed by atoms with Crippen LogP contribution in [0.15, 0.2) is 30.3 Å². The molecule has 1 aromatic heterocycles. The van der Waals surface area contributed by atoms with Crippen LogP contribution in [0.4, 0.5) is 19.0 Å². The van der Waals surface area contributed by atoms with Gasteiger partial charge in [-0.25, -0.2) is 4.98 Å². The summed E-state index contributed by atoms with van der Waals surface area (Å²) in [5.74, 6) is -1.42. The molecule has 0 spiro atoms. The van der Waals surface area contributed by atoms with E-state index in [-0.39, 0.29) is 21.5 Å². The Bertz CT molecular complexity index is 1150. The fourth-order valence-electron chi connectivity index (χ4n) is 5.48. The molecule has 2 saturated heterocycles. The number of hydrogen-bond acceptors (Lipinski definition) is 5. The van der Waals surface area contributed by atoms with Gasteiger partial charge in [0.1, 0.15) is 16.7 Å². The predicted molar refractivity (Wildman–Crippen MR) is 140 cm³/mol. The molecule has 6 nitrogen and oxygen atoms in total. The molecule has 2 aliphatic heterocycles. The van der Waals surface area contributed by atoms with Crippen LogP contribution in [-0.4, -0.2) is 61.5 Å². The summed E-state index contributed by atoms with van der Waals surface area (Å²) in [6.07, 6.45) is 0.231. The molecule has 0 bridgehead atoms. The van der Waals surface area contributed by atoms with Crippen molar-refractivity contribution in [2.45, 2.75) is 44.2 Å². The van der Waals surface area contributed by atoms with E-state index in [0.717, 1.165) is 38.2 Å². The van der Waals surface area contributed by atoms with Crippen molar-refractivity contribution < 1.29 is 27.5 Å². The van der Waals surface area contributed by atoms with E-state index in [2.05, 4.69) is 9.88 Å². The fraction of sp³-hybridized carbons (Fsp3) is 0.519. The summed E-state index contributed by atoms with van der Waals surface area (Å²) < 4.78 is 47.1. The molecule has 0 saturated carbocycles. The van der Waals surface area contributed by atoms with Crippen LogP contribution in [0.3, 0.4) is 0 Å². The summed E-state index contributed by atoms with van der Waals surface area (Å²) in [7, 11) is 1.34. The fourth-order valence-corrected chi connectivity index (χ4v) is 5.91. The van der Waals surface area contributed by atoms with Gasteiger partial charge in [-0.2, -0.15) is 13.2 Å². The van der Waals surface area contributed by atoms with Gasteiger partial charge in [-0.1, -0.05) is 23.2 Å². The Morgan fingerprint density at radius 2 is 1.71 bits per heavy atom. The maximum atomic E-state index is 14.0. The van der Waals surface area contributed by atoms with Gasteiger partial charge in [-0.15, -0.1) is 0 Å². The van der Waals surface area contributed by atoms with Crippen molar-refractivity contribution in [2.75, 3.05) is 38.2 Å². The van der Waals surface area contributed by atoms with Gasteiger partial charge in [-0.05, 0) is 79.8 Å². The smallest absolute Gasteiger partial charge is 0.404 e. The number of aldehydes is 1. The van der Waals surface area contributed by atoms with E-state index in [1.807, 2.05) is 0 Å². The number of carbonyl (C=O) groups excluding carboxylic acids is 2. The van der Waals surface area contributed by atoms with E-state index in [0.29, 0.717) is 49.6 Å². The van der Waals surface area contributed by atoms with Gasteiger partial charge in [0, 0.05) is 31.2 Å².